The summed E-state index contributed by atoms with van der Waals surface area (Å²) in [5.74, 6) is 1.88. The Morgan fingerprint density at radius 3 is 2.89 bits per heavy atom. The van der Waals surface area contributed by atoms with Gasteiger partial charge in [-0.3, -0.25) is 0 Å². The van der Waals surface area contributed by atoms with E-state index < -0.39 is 0 Å². The fraction of sp³-hybridized carbons (Fsp3) is 0.133. The number of methoxy groups -OCH3 is 1. The van der Waals surface area contributed by atoms with E-state index in [-0.39, 0.29) is 0 Å². The van der Waals surface area contributed by atoms with Gasteiger partial charge in [-0.05, 0) is 35.9 Å². The maximum Gasteiger partial charge on any atom is 0.145 e. The van der Waals surface area contributed by atoms with Gasteiger partial charge >= 0.3 is 0 Å². The lowest BCUT2D eigenvalue weighted by Crippen LogP contribution is -1.84. The molecule has 1 aliphatic heterocycles. The molecular weight excluding hydrogens is 258 g/mol. The molecule has 3 rings (SSSR count). The molecule has 1 fully saturated rings. The first-order valence-electron chi connectivity index (χ1n) is 5.95. The van der Waals surface area contributed by atoms with Crippen LogP contribution in [0, 0.1) is 0 Å². The van der Waals surface area contributed by atoms with Crippen LogP contribution < -0.4 is 4.74 Å². The predicted molar refractivity (Wildman–Crippen MR) is 75.3 cm³/mol. The Morgan fingerprint density at radius 2 is 2.21 bits per heavy atom. The highest BCUT2D eigenvalue weighted by Crippen LogP contribution is 2.29. The zero-order chi connectivity index (χ0) is 13.1. The molecule has 96 valence electrons. The number of hydrogen-bond acceptors (Lipinski definition) is 4. The maximum absolute atomic E-state index is 5.21. The fourth-order valence-corrected chi connectivity index (χ4v) is 2.44. The Kier molecular flexibility index (Phi) is 3.42. The molecule has 1 aromatic carbocycles. The molecule has 0 N–H and O–H groups in total. The molecule has 4 heteroatoms. The van der Waals surface area contributed by atoms with Gasteiger partial charge in [0.05, 0.1) is 7.11 Å². The summed E-state index contributed by atoms with van der Waals surface area (Å²) in [5, 5.41) is 0.965. The summed E-state index contributed by atoms with van der Waals surface area (Å²) in [4.78, 5) is 5.55. The number of epoxide rings is 1. The van der Waals surface area contributed by atoms with Crippen molar-refractivity contribution in [1.82, 2.24) is 4.98 Å². The lowest BCUT2D eigenvalue weighted by molar-refractivity contribution is 0.413. The minimum Gasteiger partial charge on any atom is -0.497 e. The number of aromatic nitrogens is 1. The van der Waals surface area contributed by atoms with Crippen LogP contribution in [0.15, 0.2) is 58.3 Å². The monoisotopic (exact) mass is 271 g/mol. The van der Waals surface area contributed by atoms with Crippen LogP contribution in [0.25, 0.3) is 6.08 Å². The summed E-state index contributed by atoms with van der Waals surface area (Å²) in [6.45, 7) is 0.750. The van der Waals surface area contributed by atoms with Crippen LogP contribution in [-0.2, 0) is 4.74 Å². The summed E-state index contributed by atoms with van der Waals surface area (Å²) >= 11 is 1.62. The number of ether oxygens (including phenoxy) is 2. The second-order valence-corrected chi connectivity index (χ2v) is 5.20. The first kappa shape index (κ1) is 12.1. The van der Waals surface area contributed by atoms with Crippen molar-refractivity contribution < 1.29 is 9.47 Å². The second-order valence-electron chi connectivity index (χ2n) is 4.11. The average molecular weight is 271 g/mol. The van der Waals surface area contributed by atoms with Crippen molar-refractivity contribution in [2.24, 2.45) is 0 Å². The second kappa shape index (κ2) is 5.36. The van der Waals surface area contributed by atoms with Crippen LogP contribution in [0.2, 0.25) is 0 Å². The smallest absolute Gasteiger partial charge is 0.145 e. The SMILES string of the molecule is COc1cccc(Sc2ccc(/C=C3\CO3)cn2)c1. The highest BCUT2D eigenvalue weighted by Gasteiger charge is 2.12. The van der Waals surface area contributed by atoms with Crippen molar-refractivity contribution in [2.45, 2.75) is 9.92 Å². The molecule has 3 nitrogen and oxygen atoms in total. The van der Waals surface area contributed by atoms with E-state index in [1.807, 2.05) is 48.7 Å². The van der Waals surface area contributed by atoms with Crippen LogP contribution in [0.4, 0.5) is 0 Å². The lowest BCUT2D eigenvalue weighted by atomic mass is 10.3. The van der Waals surface area contributed by atoms with Gasteiger partial charge in [-0.15, -0.1) is 0 Å². The molecule has 0 radical (unpaired) electrons. The number of pyridine rings is 1. The van der Waals surface area contributed by atoms with Gasteiger partial charge in [0.2, 0.25) is 0 Å². The average Bonchev–Trinajstić information content (AvgIpc) is 3.25. The van der Waals surface area contributed by atoms with Crippen LogP contribution in [-0.4, -0.2) is 18.7 Å². The van der Waals surface area contributed by atoms with Gasteiger partial charge in [-0.1, -0.05) is 23.9 Å². The van der Waals surface area contributed by atoms with E-state index in [4.69, 9.17) is 9.47 Å². The van der Waals surface area contributed by atoms with E-state index in [1.54, 1.807) is 18.9 Å². The largest absolute Gasteiger partial charge is 0.497 e. The zero-order valence-corrected chi connectivity index (χ0v) is 11.3. The third kappa shape index (κ3) is 3.29. The van der Waals surface area contributed by atoms with Crippen molar-refractivity contribution in [2.75, 3.05) is 13.7 Å². The number of benzene rings is 1. The molecule has 1 aliphatic rings. The standard InChI is InChI=1S/C15H13NO2S/c1-17-12-3-2-4-14(8-12)19-15-6-5-11(9-16-15)7-13-10-18-13/h2-9H,10H2,1H3/b13-7+. The molecular formula is C15H13NO2S. The molecule has 0 spiro atoms. The number of hydrogen-bond donors (Lipinski definition) is 0. The number of rotatable bonds is 4. The van der Waals surface area contributed by atoms with Crippen molar-refractivity contribution >= 4 is 17.8 Å². The highest BCUT2D eigenvalue weighted by molar-refractivity contribution is 7.99. The molecule has 2 aromatic rings. The summed E-state index contributed by atoms with van der Waals surface area (Å²) in [7, 11) is 1.67. The third-order valence-electron chi connectivity index (χ3n) is 2.66. The molecule has 0 aliphatic carbocycles. The van der Waals surface area contributed by atoms with Gasteiger partial charge < -0.3 is 9.47 Å². The Hall–Kier alpha value is -1.94. The first-order valence-corrected chi connectivity index (χ1v) is 6.76. The quantitative estimate of drug-likeness (QED) is 0.796. The van der Waals surface area contributed by atoms with Crippen molar-refractivity contribution in [3.05, 3.63) is 53.9 Å². The molecule has 2 heterocycles. The van der Waals surface area contributed by atoms with E-state index in [0.717, 1.165) is 33.6 Å². The molecule has 0 amide bonds. The minimum atomic E-state index is 0.750. The summed E-state index contributed by atoms with van der Waals surface area (Å²) in [6, 6.07) is 12.0. The van der Waals surface area contributed by atoms with Crippen LogP contribution in [0.5, 0.6) is 5.75 Å². The lowest BCUT2D eigenvalue weighted by Gasteiger charge is -2.03. The normalized spacial score (nSPS) is 15.1. The minimum absolute atomic E-state index is 0.750. The van der Waals surface area contributed by atoms with Gasteiger partial charge in [0.25, 0.3) is 0 Å². The van der Waals surface area contributed by atoms with Crippen molar-refractivity contribution in [3.8, 4) is 5.75 Å². The van der Waals surface area contributed by atoms with Gasteiger partial charge in [-0.25, -0.2) is 4.98 Å². The predicted octanol–water partition coefficient (Wildman–Crippen LogP) is 3.61. The van der Waals surface area contributed by atoms with E-state index >= 15 is 0 Å². The number of nitrogens with zero attached hydrogens (tertiary/aromatic N) is 1. The highest BCUT2D eigenvalue weighted by atomic mass is 32.2. The van der Waals surface area contributed by atoms with Crippen molar-refractivity contribution in [3.63, 3.8) is 0 Å². The van der Waals surface area contributed by atoms with Crippen LogP contribution in [0.1, 0.15) is 5.56 Å². The van der Waals surface area contributed by atoms with E-state index in [9.17, 15) is 0 Å². The molecule has 1 aromatic heterocycles. The van der Waals surface area contributed by atoms with Crippen molar-refractivity contribution in [1.29, 1.82) is 0 Å². The van der Waals surface area contributed by atoms with E-state index in [2.05, 4.69) is 4.98 Å². The van der Waals surface area contributed by atoms with E-state index in [1.165, 1.54) is 0 Å². The molecule has 0 unspecified atom stereocenters. The van der Waals surface area contributed by atoms with Gasteiger partial charge in [-0.2, -0.15) is 0 Å². The molecule has 1 saturated heterocycles. The first-order chi connectivity index (χ1) is 9.33. The molecule has 0 atom stereocenters. The Morgan fingerprint density at radius 1 is 1.32 bits per heavy atom. The van der Waals surface area contributed by atoms with Gasteiger partial charge in [0.1, 0.15) is 23.1 Å². The Bertz CT molecular complexity index is 602. The maximum atomic E-state index is 5.21. The summed E-state index contributed by atoms with van der Waals surface area (Å²) in [5.41, 5.74) is 1.07. The Balaban J connectivity index is 1.73. The summed E-state index contributed by atoms with van der Waals surface area (Å²) < 4.78 is 10.3. The van der Waals surface area contributed by atoms with Crippen LogP contribution >= 0.6 is 11.8 Å². The molecule has 19 heavy (non-hydrogen) atoms. The topological polar surface area (TPSA) is 34.6 Å². The third-order valence-corrected chi connectivity index (χ3v) is 3.60. The van der Waals surface area contributed by atoms with Crippen LogP contribution in [0.3, 0.4) is 0 Å². The fourth-order valence-electron chi connectivity index (χ4n) is 1.63. The molecule has 0 bridgehead atoms. The van der Waals surface area contributed by atoms with E-state index in [0.29, 0.717) is 0 Å². The van der Waals surface area contributed by atoms with Gasteiger partial charge in [0.15, 0.2) is 0 Å². The van der Waals surface area contributed by atoms with Gasteiger partial charge in [0, 0.05) is 11.1 Å². The summed E-state index contributed by atoms with van der Waals surface area (Å²) in [6.07, 6.45) is 3.87. The molecule has 0 saturated carbocycles. The zero-order valence-electron chi connectivity index (χ0n) is 10.5. The Labute approximate surface area is 116 Å².